The van der Waals surface area contributed by atoms with Crippen LogP contribution >= 0.6 is 0 Å². The minimum Gasteiger partial charge on any atom is -0.481 e. The second-order valence-corrected chi connectivity index (χ2v) is 25.6. The van der Waals surface area contributed by atoms with Gasteiger partial charge in [0, 0.05) is 19.6 Å². The minimum atomic E-state index is -0.830. The lowest BCUT2D eigenvalue weighted by atomic mass is 9.60. The summed E-state index contributed by atoms with van der Waals surface area (Å²) in [7, 11) is 0. The fourth-order valence-corrected chi connectivity index (χ4v) is 18.4. The standard InChI is InChI=1S/C55H81NO14/c1-26-28-12-38(48(13-28)54(65)70-55(3,4)5)33(26)20-35-30-15-41(46(18-30)51(62)67-11-8-57)44(35)23-36-29-14-39(45(17-29)49(59)60)43(36)22-37-31-16-40(42(37)21-34-27(2)50(61)69-53(34)64)47(19-31)52(63)68-25-32(58)24-56-6-9-66-10-7-56/h26-48,57-58H,6-25H2,1-5H3,(H,59,60). The average Bonchev–Trinajstić information content (AvgIpc) is 4.20. The fourth-order valence-electron chi connectivity index (χ4n) is 18.4. The number of nitrogens with zero attached hydrogens (tertiary/aromatic N) is 1. The Morgan fingerprint density at radius 2 is 1.13 bits per heavy atom. The number of cyclic esters (lactones) is 2. The molecule has 8 saturated carbocycles. The van der Waals surface area contributed by atoms with Gasteiger partial charge in [-0.25, -0.2) is 0 Å². The predicted octanol–water partition coefficient (Wildman–Crippen LogP) is 5.65. The van der Waals surface area contributed by atoms with Crippen LogP contribution in [0.25, 0.3) is 0 Å². The van der Waals surface area contributed by atoms with Gasteiger partial charge in [-0.05, 0) is 193 Å². The maximum Gasteiger partial charge on any atom is 0.317 e. The van der Waals surface area contributed by atoms with Crippen LogP contribution in [-0.2, 0) is 52.5 Å². The van der Waals surface area contributed by atoms with E-state index in [1.54, 1.807) is 6.92 Å². The summed E-state index contributed by atoms with van der Waals surface area (Å²) in [4.78, 5) is 82.5. The first-order valence-corrected chi connectivity index (χ1v) is 27.5. The molecule has 0 spiro atoms. The van der Waals surface area contributed by atoms with Crippen LogP contribution in [0.2, 0.25) is 0 Å². The quantitative estimate of drug-likeness (QED) is 0.0860. The number of aliphatic carboxylic acids is 1. The molecule has 23 atom stereocenters. The lowest BCUT2D eigenvalue weighted by molar-refractivity contribution is -0.163. The number of fused-ring (bicyclic) bond motifs is 8. The molecule has 15 heteroatoms. The summed E-state index contributed by atoms with van der Waals surface area (Å²) in [5.74, 6) is -1.30. The van der Waals surface area contributed by atoms with Gasteiger partial charge in [0.1, 0.15) is 24.9 Å². The number of carbonyl (C=O) groups excluding carboxylic acids is 5. The van der Waals surface area contributed by atoms with Crippen LogP contribution in [0.4, 0.5) is 0 Å². The Kier molecular flexibility index (Phi) is 14.4. The number of morpholine rings is 1. The molecule has 8 bridgehead atoms. The van der Waals surface area contributed by atoms with Crippen molar-refractivity contribution >= 4 is 35.8 Å². The van der Waals surface area contributed by atoms with Crippen molar-refractivity contribution in [2.24, 2.45) is 130 Å². The minimum absolute atomic E-state index is 0.000438. The van der Waals surface area contributed by atoms with Gasteiger partial charge in [0.2, 0.25) is 0 Å². The van der Waals surface area contributed by atoms with Crippen molar-refractivity contribution in [3.8, 4) is 0 Å². The molecule has 10 fully saturated rings. The molecule has 15 nitrogen and oxygen atoms in total. The zero-order valence-electron chi connectivity index (χ0n) is 42.2. The molecular formula is C55H81NO14. The third-order valence-electron chi connectivity index (χ3n) is 21.3. The van der Waals surface area contributed by atoms with E-state index >= 15 is 0 Å². The first-order valence-electron chi connectivity index (χ1n) is 27.5. The van der Waals surface area contributed by atoms with Gasteiger partial charge >= 0.3 is 35.8 Å². The molecule has 390 valence electrons. The maximum atomic E-state index is 14.0. The molecule has 0 aromatic carbocycles. The van der Waals surface area contributed by atoms with Crippen molar-refractivity contribution in [1.82, 2.24) is 4.90 Å². The maximum absolute atomic E-state index is 14.0. The van der Waals surface area contributed by atoms with Gasteiger partial charge in [-0.15, -0.1) is 0 Å². The van der Waals surface area contributed by atoms with Crippen LogP contribution in [0.15, 0.2) is 0 Å². The zero-order valence-corrected chi connectivity index (χ0v) is 42.2. The Balaban J connectivity index is 0.899. The van der Waals surface area contributed by atoms with Crippen LogP contribution in [-0.4, -0.2) is 120 Å². The summed E-state index contributed by atoms with van der Waals surface area (Å²) < 4.78 is 28.1. The van der Waals surface area contributed by atoms with Crippen LogP contribution in [0.1, 0.15) is 112 Å². The molecule has 0 radical (unpaired) electrons. The van der Waals surface area contributed by atoms with Crippen molar-refractivity contribution < 1.29 is 67.8 Å². The highest BCUT2D eigenvalue weighted by atomic mass is 16.6. The predicted molar refractivity (Wildman–Crippen MR) is 250 cm³/mol. The molecule has 8 aliphatic carbocycles. The first kappa shape index (κ1) is 50.4. The summed E-state index contributed by atoms with van der Waals surface area (Å²) in [6, 6.07) is 0. The van der Waals surface area contributed by atoms with Gasteiger partial charge in [0.15, 0.2) is 0 Å². The fraction of sp³-hybridized carbons (Fsp3) is 0.891. The van der Waals surface area contributed by atoms with E-state index in [0.717, 1.165) is 57.8 Å². The molecule has 2 saturated heterocycles. The summed E-state index contributed by atoms with van der Waals surface area (Å²) in [5.41, 5.74) is -0.550. The Morgan fingerprint density at radius 1 is 0.643 bits per heavy atom. The Bertz CT molecular complexity index is 2000. The lowest BCUT2D eigenvalue weighted by Gasteiger charge is -2.45. The molecular weight excluding hydrogens is 899 g/mol. The number of β-amino-alcohol motifs (C(OH)–C–C–N with tert-alkyl or cyclic N) is 1. The Hall–Kier alpha value is -3.14. The molecule has 0 aromatic rings. The number of aliphatic hydroxyl groups excluding tert-OH is 2. The number of ether oxygens (including phenoxy) is 5. The summed E-state index contributed by atoms with van der Waals surface area (Å²) >= 11 is 0. The monoisotopic (exact) mass is 980 g/mol. The van der Waals surface area contributed by atoms with Crippen LogP contribution < -0.4 is 0 Å². The largest absolute Gasteiger partial charge is 0.481 e. The van der Waals surface area contributed by atoms with Gasteiger partial charge in [-0.3, -0.25) is 33.7 Å². The van der Waals surface area contributed by atoms with E-state index in [9.17, 15) is 44.1 Å². The number of rotatable bonds is 18. The van der Waals surface area contributed by atoms with Crippen LogP contribution in [0.5, 0.6) is 0 Å². The molecule has 10 rings (SSSR count). The Morgan fingerprint density at radius 3 is 1.66 bits per heavy atom. The molecule has 3 N–H and O–H groups in total. The lowest BCUT2D eigenvalue weighted by Crippen LogP contribution is -2.43. The summed E-state index contributed by atoms with van der Waals surface area (Å²) in [5, 5.41) is 31.1. The highest BCUT2D eigenvalue weighted by Crippen LogP contribution is 2.68. The first-order chi connectivity index (χ1) is 33.4. The Labute approximate surface area is 413 Å². The SMILES string of the molecule is CC1C(=O)OC(=O)C1CC1C(CC2C(CC3C(CC4C(C)C5CC(C(=O)OC(C)(C)C)C4C5)C4CC(C(=O)OCCO)C3C4)C3CC(C(=O)O)C2C3)C2CC(C(=O)OCC(O)CN3CCOCC3)C1C2. The van der Waals surface area contributed by atoms with Crippen LogP contribution in [0.3, 0.4) is 0 Å². The second kappa shape index (κ2) is 19.9. The van der Waals surface area contributed by atoms with E-state index in [4.69, 9.17) is 23.7 Å². The highest BCUT2D eigenvalue weighted by molar-refractivity contribution is 5.96. The van der Waals surface area contributed by atoms with E-state index in [-0.39, 0.29) is 115 Å². The highest BCUT2D eigenvalue weighted by Gasteiger charge is 2.64. The number of esters is 5. The molecule has 2 aliphatic heterocycles. The van der Waals surface area contributed by atoms with Gasteiger partial charge in [0.05, 0.1) is 55.3 Å². The molecule has 0 amide bonds. The second-order valence-electron chi connectivity index (χ2n) is 25.6. The smallest absolute Gasteiger partial charge is 0.317 e. The van der Waals surface area contributed by atoms with Crippen molar-refractivity contribution in [2.45, 2.75) is 123 Å². The van der Waals surface area contributed by atoms with Gasteiger partial charge in [-0.2, -0.15) is 0 Å². The molecule has 23 unspecified atom stereocenters. The van der Waals surface area contributed by atoms with E-state index < -0.39 is 53.3 Å². The van der Waals surface area contributed by atoms with Crippen molar-refractivity contribution in [3.63, 3.8) is 0 Å². The van der Waals surface area contributed by atoms with Gasteiger partial charge in [0.25, 0.3) is 0 Å². The molecule has 10 aliphatic rings. The number of carboxylic acid groups (broad SMARTS) is 1. The van der Waals surface area contributed by atoms with E-state index in [0.29, 0.717) is 81.7 Å². The van der Waals surface area contributed by atoms with E-state index in [1.807, 2.05) is 20.8 Å². The van der Waals surface area contributed by atoms with Crippen molar-refractivity contribution in [3.05, 3.63) is 0 Å². The zero-order chi connectivity index (χ0) is 49.5. The summed E-state index contributed by atoms with van der Waals surface area (Å²) in [6.45, 7) is 12.6. The molecule has 70 heavy (non-hydrogen) atoms. The molecule has 0 aromatic heterocycles. The van der Waals surface area contributed by atoms with Gasteiger partial charge in [-0.1, -0.05) is 13.8 Å². The van der Waals surface area contributed by atoms with Crippen molar-refractivity contribution in [1.29, 1.82) is 0 Å². The van der Waals surface area contributed by atoms with E-state index in [2.05, 4.69) is 11.8 Å². The summed E-state index contributed by atoms with van der Waals surface area (Å²) in [6.07, 6.45) is 8.90. The topological polar surface area (TPSA) is 212 Å². The third kappa shape index (κ3) is 9.50. The van der Waals surface area contributed by atoms with Crippen molar-refractivity contribution in [2.75, 3.05) is 52.7 Å². The van der Waals surface area contributed by atoms with Gasteiger partial charge < -0.3 is 39.0 Å². The number of carboxylic acids is 1. The van der Waals surface area contributed by atoms with E-state index in [1.165, 1.54) is 0 Å². The average molecular weight is 980 g/mol. The number of carbonyl (C=O) groups is 6. The third-order valence-corrected chi connectivity index (χ3v) is 21.3. The number of hydrogen-bond acceptors (Lipinski definition) is 14. The molecule has 2 heterocycles. The number of hydrogen-bond donors (Lipinski definition) is 3. The normalized spacial score (nSPS) is 45.1. The number of aliphatic hydroxyl groups is 2. The van der Waals surface area contributed by atoms with Crippen LogP contribution in [0, 0.1) is 130 Å².